The van der Waals surface area contributed by atoms with Crippen LogP contribution < -0.4 is 0 Å². The average Bonchev–Trinajstić information content (AvgIpc) is 2.39. The maximum Gasteiger partial charge on any atom is 0.348 e. The van der Waals surface area contributed by atoms with Crippen LogP contribution in [-0.4, -0.2) is 37.2 Å². The van der Waals surface area contributed by atoms with Gasteiger partial charge in [-0.2, -0.15) is 0 Å². The van der Waals surface area contributed by atoms with Gasteiger partial charge in [-0.05, 0) is 20.3 Å². The van der Waals surface area contributed by atoms with Crippen molar-refractivity contribution in [2.75, 3.05) is 13.2 Å². The van der Waals surface area contributed by atoms with Crippen LogP contribution in [0.15, 0.2) is 0 Å². The summed E-state index contributed by atoms with van der Waals surface area (Å²) >= 11 is 0. The Hall–Kier alpha value is -1.59. The first-order valence-electron chi connectivity index (χ1n) is 7.06. The lowest BCUT2D eigenvalue weighted by molar-refractivity contribution is -0.171. The van der Waals surface area contributed by atoms with E-state index >= 15 is 0 Å². The zero-order chi connectivity index (χ0) is 15.4. The summed E-state index contributed by atoms with van der Waals surface area (Å²) in [6.45, 7) is 5.69. The zero-order valence-electron chi connectivity index (χ0n) is 12.5. The number of hydrogen-bond acceptors (Lipinski definition) is 6. The van der Waals surface area contributed by atoms with E-state index in [-0.39, 0.29) is 26.1 Å². The fourth-order valence-electron chi connectivity index (χ4n) is 1.52. The third-order valence-corrected chi connectivity index (χ3v) is 2.47. The molecular weight excluding hydrogens is 264 g/mol. The Morgan fingerprint density at radius 3 is 2.10 bits per heavy atom. The van der Waals surface area contributed by atoms with Crippen molar-refractivity contribution in [3.8, 4) is 0 Å². The SMILES string of the molecule is CCCCCC(=O)O[C@H](CC(=O)OCC)C(=O)OCC. The Kier molecular flexibility index (Phi) is 10.4. The number of esters is 3. The minimum atomic E-state index is -1.22. The van der Waals surface area contributed by atoms with Crippen LogP contribution in [0, 0.1) is 0 Å². The number of carbonyl (C=O) groups excluding carboxylic acids is 3. The van der Waals surface area contributed by atoms with Crippen molar-refractivity contribution < 1.29 is 28.6 Å². The third-order valence-electron chi connectivity index (χ3n) is 2.47. The van der Waals surface area contributed by atoms with Crippen LogP contribution in [0.5, 0.6) is 0 Å². The van der Waals surface area contributed by atoms with Crippen molar-refractivity contribution in [3.63, 3.8) is 0 Å². The second kappa shape index (κ2) is 11.3. The molecule has 6 heteroatoms. The summed E-state index contributed by atoms with van der Waals surface area (Å²) in [6.07, 6.45) is 1.29. The first-order chi connectivity index (χ1) is 9.54. The lowest BCUT2D eigenvalue weighted by atomic mass is 10.2. The van der Waals surface area contributed by atoms with Crippen molar-refractivity contribution in [1.82, 2.24) is 0 Å². The second-order valence-electron chi connectivity index (χ2n) is 4.20. The van der Waals surface area contributed by atoms with E-state index in [1.807, 2.05) is 6.92 Å². The fourth-order valence-corrected chi connectivity index (χ4v) is 1.52. The largest absolute Gasteiger partial charge is 0.466 e. The highest BCUT2D eigenvalue weighted by molar-refractivity contribution is 5.84. The van der Waals surface area contributed by atoms with Crippen LogP contribution in [0.25, 0.3) is 0 Å². The van der Waals surface area contributed by atoms with E-state index in [1.165, 1.54) is 0 Å². The molecule has 0 amide bonds. The zero-order valence-corrected chi connectivity index (χ0v) is 12.5. The lowest BCUT2D eigenvalue weighted by Crippen LogP contribution is -2.32. The monoisotopic (exact) mass is 288 g/mol. The number of hydrogen-bond donors (Lipinski definition) is 0. The lowest BCUT2D eigenvalue weighted by Gasteiger charge is -2.15. The first kappa shape index (κ1) is 18.4. The maximum atomic E-state index is 11.6. The molecule has 0 aromatic heterocycles. The average molecular weight is 288 g/mol. The van der Waals surface area contributed by atoms with Crippen LogP contribution in [0.4, 0.5) is 0 Å². The molecular formula is C14H24O6. The van der Waals surface area contributed by atoms with Gasteiger partial charge in [0.2, 0.25) is 6.10 Å². The number of unbranched alkanes of at least 4 members (excludes halogenated alkanes) is 2. The van der Waals surface area contributed by atoms with Crippen molar-refractivity contribution in [3.05, 3.63) is 0 Å². The van der Waals surface area contributed by atoms with E-state index in [1.54, 1.807) is 13.8 Å². The van der Waals surface area contributed by atoms with Gasteiger partial charge >= 0.3 is 17.9 Å². The molecule has 20 heavy (non-hydrogen) atoms. The molecule has 0 aliphatic rings. The van der Waals surface area contributed by atoms with Gasteiger partial charge in [0.15, 0.2) is 0 Å². The Bertz CT molecular complexity index is 313. The van der Waals surface area contributed by atoms with Gasteiger partial charge in [0.05, 0.1) is 19.6 Å². The molecule has 0 bridgehead atoms. The smallest absolute Gasteiger partial charge is 0.348 e. The summed E-state index contributed by atoms with van der Waals surface area (Å²) in [4.78, 5) is 34.6. The molecule has 6 nitrogen and oxygen atoms in total. The number of carbonyl (C=O) groups is 3. The summed E-state index contributed by atoms with van der Waals surface area (Å²) in [7, 11) is 0. The van der Waals surface area contributed by atoms with Crippen molar-refractivity contribution in [1.29, 1.82) is 0 Å². The van der Waals surface area contributed by atoms with E-state index in [4.69, 9.17) is 14.2 Å². The van der Waals surface area contributed by atoms with Crippen molar-refractivity contribution >= 4 is 17.9 Å². The topological polar surface area (TPSA) is 78.9 Å². The van der Waals surface area contributed by atoms with Crippen molar-refractivity contribution in [2.45, 2.75) is 59.0 Å². The fraction of sp³-hybridized carbons (Fsp3) is 0.786. The van der Waals surface area contributed by atoms with Gasteiger partial charge in [-0.25, -0.2) is 4.79 Å². The van der Waals surface area contributed by atoms with E-state index < -0.39 is 24.0 Å². The highest BCUT2D eigenvalue weighted by Crippen LogP contribution is 2.08. The maximum absolute atomic E-state index is 11.6. The molecule has 0 aromatic rings. The van der Waals surface area contributed by atoms with Gasteiger partial charge < -0.3 is 14.2 Å². The summed E-state index contributed by atoms with van der Waals surface area (Å²) < 4.78 is 14.5. The number of rotatable bonds is 10. The van der Waals surface area contributed by atoms with Crippen LogP contribution in [0.2, 0.25) is 0 Å². The van der Waals surface area contributed by atoms with Gasteiger partial charge in [0.25, 0.3) is 0 Å². The Balaban J connectivity index is 4.40. The van der Waals surface area contributed by atoms with Crippen LogP contribution in [0.3, 0.4) is 0 Å². The predicted octanol–water partition coefficient (Wildman–Crippen LogP) is 1.99. The van der Waals surface area contributed by atoms with E-state index in [9.17, 15) is 14.4 Å². The van der Waals surface area contributed by atoms with E-state index in [0.29, 0.717) is 6.42 Å². The van der Waals surface area contributed by atoms with Gasteiger partial charge in [0.1, 0.15) is 0 Å². The minimum Gasteiger partial charge on any atom is -0.466 e. The predicted molar refractivity (Wildman–Crippen MR) is 71.9 cm³/mol. The molecule has 116 valence electrons. The molecule has 0 rings (SSSR count). The summed E-state index contributed by atoms with van der Waals surface area (Å²) in [5.41, 5.74) is 0. The summed E-state index contributed by atoms with van der Waals surface area (Å²) in [5, 5.41) is 0. The standard InChI is InChI=1S/C14H24O6/c1-4-7-8-9-12(15)20-11(14(17)19-6-3)10-13(16)18-5-2/h11H,4-10H2,1-3H3/t11-/m1/s1. The Morgan fingerprint density at radius 2 is 1.55 bits per heavy atom. The molecule has 1 atom stereocenters. The number of ether oxygens (including phenoxy) is 3. The molecule has 0 aliphatic carbocycles. The Morgan fingerprint density at radius 1 is 0.900 bits per heavy atom. The molecule has 0 fully saturated rings. The van der Waals surface area contributed by atoms with Gasteiger partial charge in [-0.15, -0.1) is 0 Å². The third kappa shape index (κ3) is 8.50. The molecule has 0 N–H and O–H groups in total. The quantitative estimate of drug-likeness (QED) is 0.347. The van der Waals surface area contributed by atoms with Gasteiger partial charge in [-0.1, -0.05) is 19.8 Å². The first-order valence-corrected chi connectivity index (χ1v) is 7.06. The minimum absolute atomic E-state index is 0.158. The molecule has 0 saturated carbocycles. The Labute approximate surface area is 119 Å². The molecule has 0 spiro atoms. The molecule has 0 unspecified atom stereocenters. The van der Waals surface area contributed by atoms with Gasteiger partial charge in [-0.3, -0.25) is 9.59 Å². The van der Waals surface area contributed by atoms with E-state index in [2.05, 4.69) is 0 Å². The molecule has 0 aromatic carbocycles. The van der Waals surface area contributed by atoms with Crippen LogP contribution >= 0.6 is 0 Å². The molecule has 0 aliphatic heterocycles. The molecule has 0 heterocycles. The molecule has 0 radical (unpaired) electrons. The molecule has 0 saturated heterocycles. The van der Waals surface area contributed by atoms with Crippen LogP contribution in [0.1, 0.15) is 52.9 Å². The van der Waals surface area contributed by atoms with Gasteiger partial charge in [0, 0.05) is 6.42 Å². The van der Waals surface area contributed by atoms with Crippen molar-refractivity contribution in [2.24, 2.45) is 0 Å². The highest BCUT2D eigenvalue weighted by atomic mass is 16.6. The normalized spacial score (nSPS) is 11.6. The second-order valence-corrected chi connectivity index (χ2v) is 4.20. The summed E-state index contributed by atoms with van der Waals surface area (Å²) in [6, 6.07) is 0. The van der Waals surface area contributed by atoms with E-state index in [0.717, 1.165) is 12.8 Å². The van der Waals surface area contributed by atoms with Crippen LogP contribution in [-0.2, 0) is 28.6 Å². The highest BCUT2D eigenvalue weighted by Gasteiger charge is 2.27. The summed E-state index contributed by atoms with van der Waals surface area (Å²) in [5.74, 6) is -1.81.